The topological polar surface area (TPSA) is 110 Å². The van der Waals surface area contributed by atoms with Gasteiger partial charge in [-0.3, -0.25) is 9.59 Å². The molecule has 0 spiro atoms. The molecule has 0 saturated carbocycles. The summed E-state index contributed by atoms with van der Waals surface area (Å²) in [6.07, 6.45) is 0.592. The Morgan fingerprint density at radius 1 is 1.12 bits per heavy atom. The molecule has 2 aromatic rings. The Kier molecular flexibility index (Phi) is 5.97. The van der Waals surface area contributed by atoms with Crippen LogP contribution in [-0.4, -0.2) is 35.1 Å². The van der Waals surface area contributed by atoms with Gasteiger partial charge in [-0.2, -0.15) is 10.2 Å². The lowest BCUT2D eigenvalue weighted by Crippen LogP contribution is -2.30. The first-order chi connectivity index (χ1) is 11.6. The van der Waals surface area contributed by atoms with Crippen LogP contribution in [0.25, 0.3) is 0 Å². The number of rotatable bonds is 6. The molecule has 0 radical (unpaired) electrons. The van der Waals surface area contributed by atoms with Crippen LogP contribution in [0.1, 0.15) is 39.0 Å². The lowest BCUT2D eigenvalue weighted by molar-refractivity contribution is 0.0955. The minimum absolute atomic E-state index is 0.281. The molecule has 0 aliphatic heterocycles. The zero-order chi connectivity index (χ0) is 17.5. The zero-order valence-corrected chi connectivity index (χ0v) is 13.8. The number of carbonyl (C=O) groups is 2. The number of nitrogens with one attached hydrogen (secondary N) is 2. The van der Waals surface area contributed by atoms with Gasteiger partial charge in [0.05, 0.1) is 28.2 Å². The molecule has 0 aliphatic rings. The van der Waals surface area contributed by atoms with Gasteiger partial charge in [0, 0.05) is 13.1 Å². The van der Waals surface area contributed by atoms with E-state index in [0.29, 0.717) is 47.7 Å². The molecule has 7 nitrogen and oxygen atoms in total. The van der Waals surface area contributed by atoms with Crippen LogP contribution in [0.5, 0.6) is 0 Å². The zero-order valence-electron chi connectivity index (χ0n) is 13.8. The maximum absolute atomic E-state index is 12.6. The summed E-state index contributed by atoms with van der Waals surface area (Å²) >= 11 is 0. The van der Waals surface area contributed by atoms with Gasteiger partial charge in [-0.15, -0.1) is 0 Å². The van der Waals surface area contributed by atoms with E-state index in [1.54, 1.807) is 37.3 Å². The van der Waals surface area contributed by atoms with Crippen molar-refractivity contribution < 1.29 is 9.59 Å². The Hall–Kier alpha value is -2.80. The van der Waals surface area contributed by atoms with Crippen LogP contribution in [0.2, 0.25) is 0 Å². The van der Waals surface area contributed by atoms with Crippen LogP contribution in [0.3, 0.4) is 0 Å². The maximum Gasteiger partial charge on any atom is 0.257 e. The van der Waals surface area contributed by atoms with E-state index < -0.39 is 0 Å². The molecule has 1 aromatic carbocycles. The van der Waals surface area contributed by atoms with E-state index in [1.165, 1.54) is 0 Å². The quantitative estimate of drug-likeness (QED) is 0.740. The van der Waals surface area contributed by atoms with Gasteiger partial charge >= 0.3 is 0 Å². The van der Waals surface area contributed by atoms with E-state index in [2.05, 4.69) is 20.8 Å². The van der Waals surface area contributed by atoms with Crippen molar-refractivity contribution in [2.24, 2.45) is 5.73 Å². The standard InChI is InChI=1S/C17H21N5O2/c1-3-14-13(10-11(2)21-22-14)17(24)20-15-7-5-4-6-12(15)16(23)19-9-8-18/h4-7,10H,3,8-9,18H2,1-2H3,(H,19,23)(H,20,24). The van der Waals surface area contributed by atoms with E-state index in [9.17, 15) is 9.59 Å². The number of hydrogen-bond acceptors (Lipinski definition) is 5. The molecule has 1 aromatic heterocycles. The number of aromatic nitrogens is 2. The smallest absolute Gasteiger partial charge is 0.257 e. The summed E-state index contributed by atoms with van der Waals surface area (Å²) < 4.78 is 0. The summed E-state index contributed by atoms with van der Waals surface area (Å²) in [6.45, 7) is 4.40. The Labute approximate surface area is 140 Å². The molecule has 0 saturated heterocycles. The molecule has 2 rings (SSSR count). The summed E-state index contributed by atoms with van der Waals surface area (Å²) in [5.74, 6) is -0.597. The fourth-order valence-electron chi connectivity index (χ4n) is 2.23. The van der Waals surface area contributed by atoms with Gasteiger partial charge in [0.15, 0.2) is 0 Å². The number of anilines is 1. The fourth-order valence-corrected chi connectivity index (χ4v) is 2.23. The molecular formula is C17H21N5O2. The van der Waals surface area contributed by atoms with Gasteiger partial charge < -0.3 is 16.4 Å². The average molecular weight is 327 g/mol. The second kappa shape index (κ2) is 8.16. The number of hydrogen-bond donors (Lipinski definition) is 3. The van der Waals surface area contributed by atoms with Gasteiger partial charge in [-0.05, 0) is 31.5 Å². The minimum atomic E-state index is -0.316. The third-order valence-electron chi connectivity index (χ3n) is 3.42. The lowest BCUT2D eigenvalue weighted by atomic mass is 10.1. The third-order valence-corrected chi connectivity index (χ3v) is 3.42. The van der Waals surface area contributed by atoms with E-state index >= 15 is 0 Å². The van der Waals surface area contributed by atoms with E-state index in [1.807, 2.05) is 6.92 Å². The number of nitrogens with two attached hydrogens (primary N) is 1. The Morgan fingerprint density at radius 2 is 1.88 bits per heavy atom. The summed E-state index contributed by atoms with van der Waals surface area (Å²) in [5, 5.41) is 13.5. The van der Waals surface area contributed by atoms with E-state index in [-0.39, 0.29) is 11.8 Å². The Morgan fingerprint density at radius 3 is 2.58 bits per heavy atom. The van der Waals surface area contributed by atoms with Crippen molar-refractivity contribution in [3.05, 3.63) is 52.8 Å². The highest BCUT2D eigenvalue weighted by atomic mass is 16.2. The molecule has 0 atom stereocenters. The number of carbonyl (C=O) groups excluding carboxylic acids is 2. The van der Waals surface area contributed by atoms with Gasteiger partial charge in [-0.25, -0.2) is 0 Å². The molecule has 2 amide bonds. The minimum Gasteiger partial charge on any atom is -0.351 e. The summed E-state index contributed by atoms with van der Waals surface area (Å²) in [7, 11) is 0. The predicted octanol–water partition coefficient (Wildman–Crippen LogP) is 1.29. The predicted molar refractivity (Wildman–Crippen MR) is 91.9 cm³/mol. The monoisotopic (exact) mass is 327 g/mol. The van der Waals surface area contributed by atoms with Crippen molar-refractivity contribution in [2.45, 2.75) is 20.3 Å². The van der Waals surface area contributed by atoms with Gasteiger partial charge in [-0.1, -0.05) is 19.1 Å². The van der Waals surface area contributed by atoms with Gasteiger partial charge in [0.25, 0.3) is 11.8 Å². The molecule has 4 N–H and O–H groups in total. The highest BCUT2D eigenvalue weighted by Gasteiger charge is 2.16. The highest BCUT2D eigenvalue weighted by molar-refractivity contribution is 6.09. The van der Waals surface area contributed by atoms with Crippen LogP contribution in [0, 0.1) is 6.92 Å². The number of para-hydroxylation sites is 1. The van der Waals surface area contributed by atoms with E-state index in [0.717, 1.165) is 0 Å². The van der Waals surface area contributed by atoms with Crippen LogP contribution in [-0.2, 0) is 6.42 Å². The second-order valence-electron chi connectivity index (χ2n) is 5.24. The second-order valence-corrected chi connectivity index (χ2v) is 5.24. The normalized spacial score (nSPS) is 10.3. The van der Waals surface area contributed by atoms with Crippen LogP contribution < -0.4 is 16.4 Å². The third kappa shape index (κ3) is 4.14. The molecule has 126 valence electrons. The number of nitrogens with zero attached hydrogens (tertiary/aromatic N) is 2. The average Bonchev–Trinajstić information content (AvgIpc) is 2.60. The van der Waals surface area contributed by atoms with Crippen molar-refractivity contribution in [1.29, 1.82) is 0 Å². The van der Waals surface area contributed by atoms with Crippen molar-refractivity contribution >= 4 is 17.5 Å². The number of aryl methyl sites for hydroxylation is 2. The molecular weight excluding hydrogens is 306 g/mol. The number of benzene rings is 1. The van der Waals surface area contributed by atoms with Crippen LogP contribution in [0.15, 0.2) is 30.3 Å². The van der Waals surface area contributed by atoms with Crippen molar-refractivity contribution in [3.8, 4) is 0 Å². The molecule has 0 fully saturated rings. The van der Waals surface area contributed by atoms with E-state index in [4.69, 9.17) is 5.73 Å². The molecule has 0 aliphatic carbocycles. The summed E-state index contributed by atoms with van der Waals surface area (Å²) in [6, 6.07) is 8.52. The van der Waals surface area contributed by atoms with Crippen LogP contribution in [0.4, 0.5) is 5.69 Å². The molecule has 0 bridgehead atoms. The first-order valence-electron chi connectivity index (χ1n) is 7.78. The van der Waals surface area contributed by atoms with Gasteiger partial charge in [0.1, 0.15) is 0 Å². The SMILES string of the molecule is CCc1nnc(C)cc1C(=O)Nc1ccccc1C(=O)NCCN. The molecule has 1 heterocycles. The summed E-state index contributed by atoms with van der Waals surface area (Å²) in [4.78, 5) is 24.8. The Bertz CT molecular complexity index is 746. The van der Waals surface area contributed by atoms with Crippen molar-refractivity contribution in [1.82, 2.24) is 15.5 Å². The number of amides is 2. The largest absolute Gasteiger partial charge is 0.351 e. The molecule has 7 heteroatoms. The van der Waals surface area contributed by atoms with Gasteiger partial charge in [0.2, 0.25) is 0 Å². The lowest BCUT2D eigenvalue weighted by Gasteiger charge is -2.12. The van der Waals surface area contributed by atoms with Crippen LogP contribution >= 0.6 is 0 Å². The first-order valence-corrected chi connectivity index (χ1v) is 7.78. The molecule has 0 unspecified atom stereocenters. The fraction of sp³-hybridized carbons (Fsp3) is 0.294. The Balaban J connectivity index is 2.27. The first kappa shape index (κ1) is 17.6. The molecule has 24 heavy (non-hydrogen) atoms. The summed E-state index contributed by atoms with van der Waals surface area (Å²) in [5.41, 5.74) is 7.96. The maximum atomic E-state index is 12.6. The highest BCUT2D eigenvalue weighted by Crippen LogP contribution is 2.17. The van der Waals surface area contributed by atoms with Crippen molar-refractivity contribution in [3.63, 3.8) is 0 Å². The van der Waals surface area contributed by atoms with Crippen molar-refractivity contribution in [2.75, 3.05) is 18.4 Å².